The van der Waals surface area contributed by atoms with Gasteiger partial charge in [-0.25, -0.2) is 12.7 Å². The van der Waals surface area contributed by atoms with Crippen molar-refractivity contribution in [2.24, 2.45) is 5.92 Å². The molecule has 1 fully saturated rings. The van der Waals surface area contributed by atoms with Gasteiger partial charge in [0.2, 0.25) is 10.0 Å². The van der Waals surface area contributed by atoms with Crippen LogP contribution in [0.1, 0.15) is 18.4 Å². The van der Waals surface area contributed by atoms with Gasteiger partial charge < -0.3 is 10.8 Å². The van der Waals surface area contributed by atoms with Crippen LogP contribution in [0.4, 0.5) is 5.69 Å². The van der Waals surface area contributed by atoms with Crippen molar-refractivity contribution in [2.45, 2.75) is 30.8 Å². The van der Waals surface area contributed by atoms with Gasteiger partial charge in [-0.15, -0.1) is 0 Å². The predicted octanol–water partition coefficient (Wildman–Crippen LogP) is 1.73. The summed E-state index contributed by atoms with van der Waals surface area (Å²) in [7, 11) is -2.00. The molecule has 1 aromatic rings. The number of hydrogen-bond donors (Lipinski definition) is 2. The summed E-state index contributed by atoms with van der Waals surface area (Å²) in [4.78, 5) is 0.228. The van der Waals surface area contributed by atoms with Crippen molar-refractivity contribution in [2.75, 3.05) is 19.3 Å². The van der Waals surface area contributed by atoms with E-state index in [9.17, 15) is 13.5 Å². The lowest BCUT2D eigenvalue weighted by atomic mass is 9.82. The number of aliphatic hydroxyl groups excluding tert-OH is 1. The van der Waals surface area contributed by atoms with E-state index in [1.807, 2.05) is 0 Å². The Balaban J connectivity index is 2.25. The van der Waals surface area contributed by atoms with Crippen LogP contribution < -0.4 is 5.73 Å². The van der Waals surface area contributed by atoms with Crippen LogP contribution in [0.5, 0.6) is 0 Å². The topological polar surface area (TPSA) is 83.6 Å². The number of benzene rings is 1. The third-order valence-electron chi connectivity index (χ3n) is 3.78. The van der Waals surface area contributed by atoms with E-state index in [1.165, 1.54) is 4.31 Å². The highest BCUT2D eigenvalue weighted by molar-refractivity contribution is 9.10. The fraction of sp³-hybridized carbons (Fsp3) is 0.538. The van der Waals surface area contributed by atoms with E-state index >= 15 is 0 Å². The zero-order chi connectivity index (χ0) is 15.1. The van der Waals surface area contributed by atoms with Crippen molar-refractivity contribution < 1.29 is 13.5 Å². The van der Waals surface area contributed by atoms with Gasteiger partial charge in [0.15, 0.2) is 0 Å². The Kier molecular flexibility index (Phi) is 4.44. The second-order valence-electron chi connectivity index (χ2n) is 5.39. The average Bonchev–Trinajstić information content (AvgIpc) is 2.31. The highest BCUT2D eigenvalue weighted by Crippen LogP contribution is 2.31. The first kappa shape index (κ1) is 15.8. The first-order valence-corrected chi connectivity index (χ1v) is 8.65. The Labute approximate surface area is 128 Å². The Hall–Kier alpha value is -0.630. The molecule has 0 bridgehead atoms. The van der Waals surface area contributed by atoms with Crippen LogP contribution in [0.15, 0.2) is 21.5 Å². The van der Waals surface area contributed by atoms with Gasteiger partial charge in [0.05, 0.1) is 11.0 Å². The molecule has 5 nitrogen and oxygen atoms in total. The number of anilines is 1. The Morgan fingerprint density at radius 3 is 2.60 bits per heavy atom. The molecule has 20 heavy (non-hydrogen) atoms. The van der Waals surface area contributed by atoms with E-state index in [-0.39, 0.29) is 16.9 Å². The number of aliphatic hydroxyl groups is 1. The molecule has 0 radical (unpaired) electrons. The van der Waals surface area contributed by atoms with Gasteiger partial charge in [-0.3, -0.25) is 0 Å². The molecule has 0 unspecified atom stereocenters. The lowest BCUT2D eigenvalue weighted by Gasteiger charge is -2.34. The highest BCUT2D eigenvalue weighted by Gasteiger charge is 2.32. The van der Waals surface area contributed by atoms with Crippen LogP contribution in [-0.2, 0) is 10.0 Å². The highest BCUT2D eigenvalue weighted by atomic mass is 79.9. The third-order valence-corrected chi connectivity index (χ3v) is 6.19. The lowest BCUT2D eigenvalue weighted by molar-refractivity contribution is 0.0367. The van der Waals surface area contributed by atoms with Gasteiger partial charge in [-0.2, -0.15) is 0 Å². The second kappa shape index (κ2) is 5.63. The zero-order valence-corrected chi connectivity index (χ0v) is 13.9. The lowest BCUT2D eigenvalue weighted by Crippen LogP contribution is -2.39. The largest absolute Gasteiger partial charge is 0.398 e. The van der Waals surface area contributed by atoms with Gasteiger partial charge in [0, 0.05) is 23.8 Å². The smallest absolute Gasteiger partial charge is 0.243 e. The maximum atomic E-state index is 12.6. The molecule has 7 heteroatoms. The zero-order valence-electron chi connectivity index (χ0n) is 11.5. The summed E-state index contributed by atoms with van der Waals surface area (Å²) in [5, 5.41) is 9.28. The molecule has 1 saturated carbocycles. The molecule has 2 rings (SSSR count). The summed E-state index contributed by atoms with van der Waals surface area (Å²) in [5.74, 6) is 0.231. The summed E-state index contributed by atoms with van der Waals surface area (Å²) in [6.45, 7) is 2.13. The third kappa shape index (κ3) is 3.00. The van der Waals surface area contributed by atoms with E-state index in [4.69, 9.17) is 5.73 Å². The molecule has 0 amide bonds. The molecule has 1 aliphatic rings. The normalized spacial score (nSPS) is 22.9. The average molecular weight is 363 g/mol. The fourth-order valence-electron chi connectivity index (χ4n) is 2.42. The van der Waals surface area contributed by atoms with Crippen molar-refractivity contribution in [3.05, 3.63) is 22.2 Å². The van der Waals surface area contributed by atoms with E-state index in [0.717, 1.165) is 0 Å². The van der Waals surface area contributed by atoms with Crippen LogP contribution in [0.25, 0.3) is 0 Å². The number of sulfonamides is 1. The quantitative estimate of drug-likeness (QED) is 0.798. The molecule has 112 valence electrons. The number of halogens is 1. The molecule has 0 aromatic heterocycles. The van der Waals surface area contributed by atoms with Crippen LogP contribution in [0, 0.1) is 12.8 Å². The van der Waals surface area contributed by atoms with E-state index in [0.29, 0.717) is 35.1 Å². The van der Waals surface area contributed by atoms with Crippen LogP contribution in [-0.4, -0.2) is 37.5 Å². The Bertz CT molecular complexity index is 612. The number of nitrogens with two attached hydrogens (primary N) is 1. The van der Waals surface area contributed by atoms with Gasteiger partial charge in [0.25, 0.3) is 0 Å². The van der Waals surface area contributed by atoms with Crippen molar-refractivity contribution >= 4 is 31.6 Å². The van der Waals surface area contributed by atoms with E-state index in [1.54, 1.807) is 26.1 Å². The first-order valence-electron chi connectivity index (χ1n) is 6.42. The molecule has 0 heterocycles. The number of nitrogen functional groups attached to an aromatic ring is 1. The summed E-state index contributed by atoms with van der Waals surface area (Å²) in [6.07, 6.45) is 1.05. The van der Waals surface area contributed by atoms with Crippen molar-refractivity contribution in [3.63, 3.8) is 0 Å². The first-order chi connectivity index (χ1) is 9.21. The van der Waals surface area contributed by atoms with Gasteiger partial charge in [0.1, 0.15) is 0 Å². The molecule has 0 atom stereocenters. The molecule has 0 aliphatic heterocycles. The molecule has 0 saturated heterocycles. The monoisotopic (exact) mass is 362 g/mol. The van der Waals surface area contributed by atoms with E-state index < -0.39 is 10.0 Å². The van der Waals surface area contributed by atoms with Crippen LogP contribution in [0.3, 0.4) is 0 Å². The minimum Gasteiger partial charge on any atom is -0.398 e. The minimum absolute atomic E-state index is 0.228. The Morgan fingerprint density at radius 1 is 1.45 bits per heavy atom. The minimum atomic E-state index is -3.56. The Morgan fingerprint density at radius 2 is 2.05 bits per heavy atom. The van der Waals surface area contributed by atoms with E-state index in [2.05, 4.69) is 15.9 Å². The summed E-state index contributed by atoms with van der Waals surface area (Å²) in [6, 6.07) is 3.27. The standard InChI is InChI=1S/C13H19BrN2O3S/c1-8-12(15)5-10(14)6-13(8)20(18,19)16(2)7-9-3-11(17)4-9/h5-6,9,11,17H,3-4,7,15H2,1-2H3. The van der Waals surface area contributed by atoms with Crippen molar-refractivity contribution in [3.8, 4) is 0 Å². The molecule has 3 N–H and O–H groups in total. The van der Waals surface area contributed by atoms with Crippen LogP contribution >= 0.6 is 15.9 Å². The predicted molar refractivity (Wildman–Crippen MR) is 81.8 cm³/mol. The summed E-state index contributed by atoms with van der Waals surface area (Å²) < 4.78 is 27.2. The fourth-order valence-corrected chi connectivity index (χ4v) is 4.57. The van der Waals surface area contributed by atoms with Gasteiger partial charge in [-0.05, 0) is 43.4 Å². The van der Waals surface area contributed by atoms with Crippen molar-refractivity contribution in [1.82, 2.24) is 4.31 Å². The van der Waals surface area contributed by atoms with Crippen LogP contribution in [0.2, 0.25) is 0 Å². The molecule has 1 aliphatic carbocycles. The number of nitrogens with zero attached hydrogens (tertiary/aromatic N) is 1. The SMILES string of the molecule is Cc1c(N)cc(Br)cc1S(=O)(=O)N(C)CC1CC(O)C1. The van der Waals surface area contributed by atoms with Gasteiger partial charge in [-0.1, -0.05) is 15.9 Å². The summed E-state index contributed by atoms with van der Waals surface area (Å²) in [5.41, 5.74) is 6.84. The molecular weight excluding hydrogens is 344 g/mol. The van der Waals surface area contributed by atoms with Gasteiger partial charge >= 0.3 is 0 Å². The maximum Gasteiger partial charge on any atom is 0.243 e. The maximum absolute atomic E-state index is 12.6. The second-order valence-corrected chi connectivity index (χ2v) is 8.32. The molecular formula is C13H19BrN2O3S. The molecule has 1 aromatic carbocycles. The number of rotatable bonds is 4. The number of hydrogen-bond acceptors (Lipinski definition) is 4. The van der Waals surface area contributed by atoms with Crippen molar-refractivity contribution in [1.29, 1.82) is 0 Å². The summed E-state index contributed by atoms with van der Waals surface area (Å²) >= 11 is 3.28. The molecule has 0 spiro atoms.